The molecule has 2 rings (SSSR count). The Hall–Kier alpha value is -1.09. The van der Waals surface area contributed by atoms with Gasteiger partial charge in [-0.05, 0) is 19.1 Å². The van der Waals surface area contributed by atoms with Crippen molar-refractivity contribution in [1.82, 2.24) is 10.4 Å². The third-order valence-electron chi connectivity index (χ3n) is 2.72. The highest BCUT2D eigenvalue weighted by molar-refractivity contribution is 7.99. The third kappa shape index (κ3) is 4.44. The number of nitrogens with two attached hydrogens (primary N) is 1. The predicted octanol–water partition coefficient (Wildman–Crippen LogP) is 3.77. The fourth-order valence-electron chi connectivity index (χ4n) is 1.68. The van der Waals surface area contributed by atoms with Crippen molar-refractivity contribution in [1.29, 1.82) is 0 Å². The molecule has 3 nitrogen and oxygen atoms in total. The van der Waals surface area contributed by atoms with E-state index in [-0.39, 0.29) is 6.04 Å². The molecule has 0 bridgehead atoms. The predicted molar refractivity (Wildman–Crippen MR) is 79.1 cm³/mol. The largest absolute Gasteiger partial charge is 0.443 e. The maximum absolute atomic E-state index is 12.6. The first-order chi connectivity index (χ1) is 9.90. The molecule has 0 amide bonds. The number of benzene rings is 1. The number of halogens is 3. The summed E-state index contributed by atoms with van der Waals surface area (Å²) >= 11 is 2.15. The number of rotatable bonds is 5. The molecule has 1 heterocycles. The summed E-state index contributed by atoms with van der Waals surface area (Å²) in [6.07, 6.45) is -3.18. The smallest absolute Gasteiger partial charge is 0.271 e. The zero-order valence-corrected chi connectivity index (χ0v) is 12.8. The van der Waals surface area contributed by atoms with Crippen LogP contribution in [-0.2, 0) is 6.18 Å². The zero-order valence-electron chi connectivity index (χ0n) is 11.1. The number of thioether (sulfide) groups is 1. The maximum Gasteiger partial charge on any atom is 0.443 e. The van der Waals surface area contributed by atoms with Crippen molar-refractivity contribution >= 4 is 23.1 Å². The summed E-state index contributed by atoms with van der Waals surface area (Å²) in [5.41, 5.74) is 3.68. The molecule has 21 heavy (non-hydrogen) atoms. The Morgan fingerprint density at radius 3 is 2.76 bits per heavy atom. The Morgan fingerprint density at radius 1 is 1.43 bits per heavy atom. The highest BCUT2D eigenvalue weighted by Gasteiger charge is 2.35. The van der Waals surface area contributed by atoms with Crippen molar-refractivity contribution in [2.24, 2.45) is 5.84 Å². The van der Waals surface area contributed by atoms with Crippen LogP contribution in [0.2, 0.25) is 0 Å². The van der Waals surface area contributed by atoms with Crippen LogP contribution in [0.25, 0.3) is 0 Å². The lowest BCUT2D eigenvalue weighted by molar-refractivity contribution is -0.137. The summed E-state index contributed by atoms with van der Waals surface area (Å²) in [4.78, 5) is 4.94. The molecule has 0 fully saturated rings. The summed E-state index contributed by atoms with van der Waals surface area (Å²) < 4.78 is 37.7. The molecule has 0 spiro atoms. The van der Waals surface area contributed by atoms with E-state index in [1.54, 1.807) is 0 Å². The van der Waals surface area contributed by atoms with Gasteiger partial charge in [0.2, 0.25) is 0 Å². The molecule has 0 aliphatic heterocycles. The summed E-state index contributed by atoms with van der Waals surface area (Å²) in [6, 6.07) is 7.54. The lowest BCUT2D eigenvalue weighted by Crippen LogP contribution is -2.29. The zero-order chi connectivity index (χ0) is 15.5. The highest BCUT2D eigenvalue weighted by atomic mass is 32.2. The van der Waals surface area contributed by atoms with Crippen LogP contribution in [0.3, 0.4) is 0 Å². The Kier molecular flexibility index (Phi) is 5.26. The van der Waals surface area contributed by atoms with Crippen molar-refractivity contribution in [2.45, 2.75) is 24.0 Å². The van der Waals surface area contributed by atoms with E-state index in [4.69, 9.17) is 5.84 Å². The number of aryl methyl sites for hydroxylation is 1. The van der Waals surface area contributed by atoms with Crippen molar-refractivity contribution in [3.63, 3.8) is 0 Å². The van der Waals surface area contributed by atoms with E-state index in [1.165, 1.54) is 18.0 Å². The lowest BCUT2D eigenvalue weighted by atomic mass is 10.2. The minimum Gasteiger partial charge on any atom is -0.271 e. The maximum atomic E-state index is 12.6. The van der Waals surface area contributed by atoms with Crippen molar-refractivity contribution < 1.29 is 13.2 Å². The molecule has 1 aromatic carbocycles. The van der Waals surface area contributed by atoms with Crippen LogP contribution in [-0.4, -0.2) is 10.7 Å². The van der Waals surface area contributed by atoms with E-state index in [1.807, 2.05) is 31.2 Å². The molecule has 3 N–H and O–H groups in total. The second kappa shape index (κ2) is 6.78. The van der Waals surface area contributed by atoms with Gasteiger partial charge in [0, 0.05) is 21.7 Å². The van der Waals surface area contributed by atoms with Crippen LogP contribution >= 0.6 is 23.1 Å². The first-order valence-corrected chi connectivity index (χ1v) is 7.89. The van der Waals surface area contributed by atoms with Gasteiger partial charge in [0.1, 0.15) is 0 Å². The standard InChI is InChI=1S/C13H14F3N3S2/c1-8-3-2-4-9(5-8)20-7-10(19-17)11-6-18-12(21-11)13(14,15)16/h2-6,10,19H,7,17H2,1H3. The van der Waals surface area contributed by atoms with Crippen LogP contribution in [0, 0.1) is 6.92 Å². The van der Waals surface area contributed by atoms with Crippen LogP contribution in [0.1, 0.15) is 21.5 Å². The fourth-order valence-corrected chi connectivity index (χ4v) is 3.70. The number of hydrogen-bond donors (Lipinski definition) is 2. The van der Waals surface area contributed by atoms with Gasteiger partial charge in [-0.3, -0.25) is 11.3 Å². The Bertz CT molecular complexity index is 598. The van der Waals surface area contributed by atoms with Crippen molar-refractivity contribution in [3.8, 4) is 0 Å². The van der Waals surface area contributed by atoms with E-state index in [2.05, 4.69) is 10.4 Å². The number of nitrogens with zero attached hydrogens (tertiary/aromatic N) is 1. The third-order valence-corrected chi connectivity index (χ3v) is 4.96. The van der Waals surface area contributed by atoms with Crippen LogP contribution in [0.15, 0.2) is 35.4 Å². The highest BCUT2D eigenvalue weighted by Crippen LogP contribution is 2.35. The molecule has 0 aliphatic rings. The first-order valence-electron chi connectivity index (χ1n) is 6.08. The SMILES string of the molecule is Cc1cccc(SCC(NN)c2cnc(C(F)(F)F)s2)c1. The van der Waals surface area contributed by atoms with E-state index in [0.717, 1.165) is 10.5 Å². The van der Waals surface area contributed by atoms with Gasteiger partial charge in [0.15, 0.2) is 5.01 Å². The Balaban J connectivity index is 2.05. The normalized spacial score (nSPS) is 13.4. The monoisotopic (exact) mass is 333 g/mol. The molecule has 0 aliphatic carbocycles. The average Bonchev–Trinajstić information content (AvgIpc) is 2.89. The first kappa shape index (κ1) is 16.3. The van der Waals surface area contributed by atoms with Gasteiger partial charge in [-0.25, -0.2) is 4.98 Å². The molecular formula is C13H14F3N3S2. The van der Waals surface area contributed by atoms with Gasteiger partial charge in [0.25, 0.3) is 0 Å². The van der Waals surface area contributed by atoms with E-state index >= 15 is 0 Å². The summed E-state index contributed by atoms with van der Waals surface area (Å²) in [7, 11) is 0. The summed E-state index contributed by atoms with van der Waals surface area (Å²) in [5.74, 6) is 5.98. The van der Waals surface area contributed by atoms with Gasteiger partial charge < -0.3 is 0 Å². The van der Waals surface area contributed by atoms with Gasteiger partial charge in [-0.1, -0.05) is 17.7 Å². The quantitative estimate of drug-likeness (QED) is 0.497. The van der Waals surface area contributed by atoms with Gasteiger partial charge in [-0.15, -0.1) is 23.1 Å². The van der Waals surface area contributed by atoms with E-state index in [9.17, 15) is 13.2 Å². The van der Waals surface area contributed by atoms with Crippen LogP contribution in [0.4, 0.5) is 13.2 Å². The second-order valence-electron chi connectivity index (χ2n) is 4.41. The topological polar surface area (TPSA) is 50.9 Å². The lowest BCUT2D eigenvalue weighted by Gasteiger charge is -2.13. The van der Waals surface area contributed by atoms with Crippen LogP contribution < -0.4 is 11.3 Å². The molecule has 114 valence electrons. The molecule has 1 aromatic heterocycles. The second-order valence-corrected chi connectivity index (χ2v) is 6.57. The van der Waals surface area contributed by atoms with Gasteiger partial charge >= 0.3 is 6.18 Å². The molecule has 0 saturated carbocycles. The minimum absolute atomic E-state index is 0.371. The summed E-state index contributed by atoms with van der Waals surface area (Å²) in [5, 5.41) is -0.849. The van der Waals surface area contributed by atoms with Crippen LogP contribution in [0.5, 0.6) is 0 Å². The molecule has 2 aromatic rings. The molecule has 0 saturated heterocycles. The number of hydrazine groups is 1. The molecular weight excluding hydrogens is 319 g/mol. The van der Waals surface area contributed by atoms with E-state index in [0.29, 0.717) is 22.0 Å². The molecule has 1 unspecified atom stereocenters. The number of thiazole rings is 1. The number of nitrogens with one attached hydrogen (secondary N) is 1. The summed E-state index contributed by atoms with van der Waals surface area (Å²) in [6.45, 7) is 1.99. The van der Waals surface area contributed by atoms with Gasteiger partial charge in [0.05, 0.1) is 6.04 Å². The number of alkyl halides is 3. The van der Waals surface area contributed by atoms with E-state index < -0.39 is 11.2 Å². The fraction of sp³-hybridized carbons (Fsp3) is 0.308. The minimum atomic E-state index is -4.41. The number of hydrogen-bond acceptors (Lipinski definition) is 5. The average molecular weight is 333 g/mol. The van der Waals surface area contributed by atoms with Gasteiger partial charge in [-0.2, -0.15) is 13.2 Å². The Labute approximate surface area is 128 Å². The Morgan fingerprint density at radius 2 is 2.19 bits per heavy atom. The number of aromatic nitrogens is 1. The van der Waals surface area contributed by atoms with Crippen molar-refractivity contribution in [2.75, 3.05) is 5.75 Å². The molecule has 0 radical (unpaired) electrons. The van der Waals surface area contributed by atoms with Crippen molar-refractivity contribution in [3.05, 3.63) is 45.9 Å². The molecule has 8 heteroatoms. The molecule has 1 atom stereocenters.